The Morgan fingerprint density at radius 3 is 1.81 bits per heavy atom. The van der Waals surface area contributed by atoms with Gasteiger partial charge >= 0.3 is 12.1 Å². The molecule has 0 bridgehead atoms. The van der Waals surface area contributed by atoms with Crippen LogP contribution in [0.5, 0.6) is 0 Å². The number of carbonyl (C=O) groups excluding carboxylic acids is 2. The van der Waals surface area contributed by atoms with Crippen molar-refractivity contribution in [2.45, 2.75) is 51.3 Å². The lowest BCUT2D eigenvalue weighted by Gasteiger charge is -2.21. The number of anilines is 4. The zero-order valence-electron chi connectivity index (χ0n) is 32.9. The SMILES string of the molecule is CNC(=O)Nc1c(C)cc(C)c(N=c2cc3oc4cc(Nc5c(C)cc(C)c(NC(=O)NC)c5C)ccc4c(-c4ccccc4S(=O)(=O)O)c-3cc2S(=O)(=O)O)c1C. The average Bonchev–Trinajstić information content (AvgIpc) is 3.16. The van der Waals surface area contributed by atoms with Crippen molar-refractivity contribution >= 4 is 71.7 Å². The van der Waals surface area contributed by atoms with Gasteiger partial charge in [-0.2, -0.15) is 16.8 Å². The molecule has 1 heterocycles. The summed E-state index contributed by atoms with van der Waals surface area (Å²) in [6.45, 7) is 10.9. The molecule has 2 aliphatic rings. The number of urea groups is 2. The summed E-state index contributed by atoms with van der Waals surface area (Å²) in [4.78, 5) is 28.2. The Labute approximate surface area is 335 Å². The number of fused-ring (bicyclic) bond motifs is 2. The molecule has 17 heteroatoms. The van der Waals surface area contributed by atoms with Gasteiger partial charge in [0.25, 0.3) is 20.2 Å². The lowest BCUT2D eigenvalue weighted by molar-refractivity contribution is 0.253. The lowest BCUT2D eigenvalue weighted by atomic mass is 9.93. The zero-order valence-corrected chi connectivity index (χ0v) is 34.5. The van der Waals surface area contributed by atoms with Crippen LogP contribution in [0.2, 0.25) is 0 Å². The summed E-state index contributed by atoms with van der Waals surface area (Å²) in [6.07, 6.45) is 0. The highest BCUT2D eigenvalue weighted by Crippen LogP contribution is 2.44. The van der Waals surface area contributed by atoms with Crippen molar-refractivity contribution in [2.24, 2.45) is 4.99 Å². The van der Waals surface area contributed by atoms with E-state index in [4.69, 9.17) is 9.41 Å². The number of rotatable bonds is 8. The summed E-state index contributed by atoms with van der Waals surface area (Å²) in [5.41, 5.74) is 7.58. The predicted molar refractivity (Wildman–Crippen MR) is 224 cm³/mol. The van der Waals surface area contributed by atoms with Gasteiger partial charge in [0, 0.05) is 59.7 Å². The molecule has 0 radical (unpaired) electrons. The van der Waals surface area contributed by atoms with E-state index in [9.17, 15) is 35.5 Å². The fourth-order valence-corrected chi connectivity index (χ4v) is 8.53. The molecule has 302 valence electrons. The van der Waals surface area contributed by atoms with Gasteiger partial charge in [-0.3, -0.25) is 9.11 Å². The Kier molecular flexibility index (Phi) is 11.1. The molecule has 0 spiro atoms. The summed E-state index contributed by atoms with van der Waals surface area (Å²) in [6, 6.07) is 16.1. The van der Waals surface area contributed by atoms with Crippen LogP contribution < -0.4 is 31.9 Å². The topological polar surface area (TPSA) is 229 Å². The normalized spacial score (nSPS) is 12.1. The van der Waals surface area contributed by atoms with E-state index in [0.717, 1.165) is 28.3 Å². The molecule has 0 saturated heterocycles. The van der Waals surface area contributed by atoms with Crippen molar-refractivity contribution < 1.29 is 39.9 Å². The monoisotopic (exact) mass is 826 g/mol. The Hall–Kier alpha value is -6.27. The molecular formula is C41H42N6O9S2. The van der Waals surface area contributed by atoms with Crippen LogP contribution in [0, 0.1) is 41.5 Å². The molecule has 0 aromatic heterocycles. The molecule has 4 aromatic rings. The van der Waals surface area contributed by atoms with Crippen molar-refractivity contribution in [3.05, 3.63) is 105 Å². The molecule has 0 unspecified atom stereocenters. The maximum Gasteiger partial charge on any atom is 0.318 e. The maximum absolute atomic E-state index is 13.1. The van der Waals surface area contributed by atoms with Crippen LogP contribution in [0.15, 0.2) is 85.9 Å². The molecule has 7 N–H and O–H groups in total. The molecular weight excluding hydrogens is 785 g/mol. The zero-order chi connectivity index (χ0) is 42.4. The smallest absolute Gasteiger partial charge is 0.318 e. The van der Waals surface area contributed by atoms with E-state index < -0.39 is 36.1 Å². The molecule has 0 atom stereocenters. The van der Waals surface area contributed by atoms with Crippen LogP contribution in [0.1, 0.15) is 33.4 Å². The minimum Gasteiger partial charge on any atom is -0.456 e. The van der Waals surface area contributed by atoms with Gasteiger partial charge in [0.05, 0.1) is 22.4 Å². The van der Waals surface area contributed by atoms with Crippen molar-refractivity contribution in [3.63, 3.8) is 0 Å². The Balaban J connectivity index is 1.68. The summed E-state index contributed by atoms with van der Waals surface area (Å²) < 4.78 is 79.2. The first-order chi connectivity index (χ1) is 27.2. The molecule has 15 nitrogen and oxygen atoms in total. The van der Waals surface area contributed by atoms with Gasteiger partial charge < -0.3 is 31.0 Å². The van der Waals surface area contributed by atoms with Gasteiger partial charge in [-0.15, -0.1) is 0 Å². The molecule has 1 aliphatic heterocycles. The van der Waals surface area contributed by atoms with Crippen molar-refractivity contribution in [2.75, 3.05) is 30.0 Å². The standard InChI is InChI=1S/C41H42N6O9S2/c1-20-15-22(3)38(46-40(48)42-7)24(5)36(20)44-26-13-14-27-31(17-26)56-32-19-30(45-37-21(2)16-23(4)39(25(37)6)47-41(49)43-8)34(58(53,54)55)18-29(32)35(27)28-11-9-10-12-33(28)57(50,51)52/h9-19,44H,1-8H3,(H2,42,46,48)(H2,43,47,49)(H,50,51,52)(H,53,54,55). The van der Waals surface area contributed by atoms with Crippen LogP contribution in [-0.4, -0.2) is 52.1 Å². The third kappa shape index (κ3) is 7.97. The third-order valence-electron chi connectivity index (χ3n) is 9.85. The van der Waals surface area contributed by atoms with E-state index in [1.807, 2.05) is 26.8 Å². The lowest BCUT2D eigenvalue weighted by Crippen LogP contribution is -2.25. The number of amides is 4. The first-order valence-corrected chi connectivity index (χ1v) is 20.7. The first kappa shape index (κ1) is 41.4. The van der Waals surface area contributed by atoms with E-state index in [1.165, 1.54) is 38.4 Å². The van der Waals surface area contributed by atoms with Crippen molar-refractivity contribution in [3.8, 4) is 22.5 Å². The number of hydrogen-bond donors (Lipinski definition) is 7. The van der Waals surface area contributed by atoms with Crippen molar-refractivity contribution in [1.82, 2.24) is 10.6 Å². The van der Waals surface area contributed by atoms with Gasteiger partial charge in [0.2, 0.25) is 0 Å². The number of carbonyl (C=O) groups is 2. The van der Waals surface area contributed by atoms with Gasteiger partial charge in [-0.1, -0.05) is 30.3 Å². The number of nitrogens with zero attached hydrogens (tertiary/aromatic N) is 1. The minimum absolute atomic E-state index is 0.0350. The summed E-state index contributed by atoms with van der Waals surface area (Å²) in [5, 5.41) is 14.3. The van der Waals surface area contributed by atoms with Crippen LogP contribution in [-0.2, 0) is 20.2 Å². The van der Waals surface area contributed by atoms with Crippen LogP contribution >= 0.6 is 0 Å². The molecule has 0 fully saturated rings. The summed E-state index contributed by atoms with van der Waals surface area (Å²) >= 11 is 0. The predicted octanol–water partition coefficient (Wildman–Crippen LogP) is 8.03. The molecule has 4 amide bonds. The first-order valence-electron chi connectivity index (χ1n) is 17.8. The van der Waals surface area contributed by atoms with E-state index in [-0.39, 0.29) is 39.4 Å². The number of nitrogens with one attached hydrogen (secondary N) is 5. The van der Waals surface area contributed by atoms with Gasteiger partial charge in [0.1, 0.15) is 21.1 Å². The van der Waals surface area contributed by atoms with Gasteiger partial charge in [-0.05, 0) is 99.2 Å². The Morgan fingerprint density at radius 2 is 1.21 bits per heavy atom. The van der Waals surface area contributed by atoms with E-state index in [0.29, 0.717) is 45.0 Å². The molecule has 0 saturated carbocycles. The molecule has 6 rings (SSSR count). The second kappa shape index (κ2) is 15.6. The highest BCUT2D eigenvalue weighted by atomic mass is 32.2. The number of hydrogen-bond acceptors (Lipinski definition) is 9. The van der Waals surface area contributed by atoms with Crippen LogP contribution in [0.4, 0.5) is 38.0 Å². The van der Waals surface area contributed by atoms with E-state index >= 15 is 0 Å². The molecule has 58 heavy (non-hydrogen) atoms. The molecule has 1 aliphatic carbocycles. The number of aryl methyl sites for hydroxylation is 4. The number of benzene rings is 5. The Bertz CT molecular complexity index is 2960. The van der Waals surface area contributed by atoms with Gasteiger partial charge in [0.15, 0.2) is 0 Å². The van der Waals surface area contributed by atoms with Gasteiger partial charge in [-0.25, -0.2) is 14.6 Å². The maximum atomic E-state index is 13.1. The average molecular weight is 827 g/mol. The largest absolute Gasteiger partial charge is 0.456 e. The second-order valence-electron chi connectivity index (χ2n) is 13.8. The van der Waals surface area contributed by atoms with Crippen LogP contribution in [0.3, 0.4) is 0 Å². The fraction of sp³-hybridized carbons (Fsp3) is 0.195. The van der Waals surface area contributed by atoms with Crippen molar-refractivity contribution in [1.29, 1.82) is 0 Å². The molecule has 4 aromatic carbocycles. The summed E-state index contributed by atoms with van der Waals surface area (Å²) in [5.74, 6) is 0.0572. The highest BCUT2D eigenvalue weighted by Gasteiger charge is 2.27. The van der Waals surface area contributed by atoms with E-state index in [2.05, 4.69) is 26.6 Å². The minimum atomic E-state index is -4.99. The Morgan fingerprint density at radius 1 is 0.638 bits per heavy atom. The summed E-state index contributed by atoms with van der Waals surface area (Å²) in [7, 11) is -6.81. The fourth-order valence-electron chi connectivity index (χ4n) is 7.19. The van der Waals surface area contributed by atoms with E-state index in [1.54, 1.807) is 51.1 Å². The third-order valence-corrected chi connectivity index (χ3v) is 11.6. The van der Waals surface area contributed by atoms with Crippen LogP contribution in [0.25, 0.3) is 33.4 Å². The highest BCUT2D eigenvalue weighted by molar-refractivity contribution is 7.86. The second-order valence-corrected chi connectivity index (χ2v) is 16.6. The quantitative estimate of drug-likeness (QED) is 0.0577.